The van der Waals surface area contributed by atoms with Crippen LogP contribution >= 0.6 is 11.3 Å². The molecule has 0 saturated heterocycles. The van der Waals surface area contributed by atoms with Gasteiger partial charge in [0.1, 0.15) is 11.5 Å². The monoisotopic (exact) mass is 386 g/mol. The Morgan fingerprint density at radius 2 is 1.72 bits per heavy atom. The highest BCUT2D eigenvalue weighted by Gasteiger charge is 2.11. The standard InChI is InChI=1S/C14H18N4O5S2/c1-3-8-22-10-4-6-11(7-5-10)23-9-12(19)15-13-16-17-14(24-13)18-25(2,20)21/h4-7H,3,8-9H2,1-2H3,(H,17,18)(H,15,16,19). The number of hydrogen-bond acceptors (Lipinski definition) is 8. The van der Waals surface area contributed by atoms with Crippen molar-refractivity contribution in [2.75, 3.05) is 29.5 Å². The number of amides is 1. The molecule has 0 bridgehead atoms. The van der Waals surface area contributed by atoms with Crippen LogP contribution in [0.1, 0.15) is 13.3 Å². The lowest BCUT2D eigenvalue weighted by molar-refractivity contribution is -0.118. The number of aromatic nitrogens is 2. The van der Waals surface area contributed by atoms with Gasteiger partial charge in [0.25, 0.3) is 5.91 Å². The summed E-state index contributed by atoms with van der Waals surface area (Å²) in [5.41, 5.74) is 0. The van der Waals surface area contributed by atoms with Gasteiger partial charge in [0.15, 0.2) is 6.61 Å². The minimum Gasteiger partial charge on any atom is -0.494 e. The highest BCUT2D eigenvalue weighted by atomic mass is 32.2. The van der Waals surface area contributed by atoms with Gasteiger partial charge in [-0.15, -0.1) is 10.2 Å². The van der Waals surface area contributed by atoms with Crippen molar-refractivity contribution in [1.29, 1.82) is 0 Å². The van der Waals surface area contributed by atoms with E-state index in [1.165, 1.54) is 0 Å². The zero-order chi connectivity index (χ0) is 18.3. The number of anilines is 2. The van der Waals surface area contributed by atoms with Crippen LogP contribution < -0.4 is 19.5 Å². The first-order valence-electron chi connectivity index (χ1n) is 7.32. The van der Waals surface area contributed by atoms with Crippen LogP contribution in [0.25, 0.3) is 0 Å². The van der Waals surface area contributed by atoms with Crippen LogP contribution in [0.5, 0.6) is 11.5 Å². The van der Waals surface area contributed by atoms with E-state index in [-0.39, 0.29) is 16.9 Å². The summed E-state index contributed by atoms with van der Waals surface area (Å²) in [6.07, 6.45) is 1.92. The molecule has 0 saturated carbocycles. The highest BCUT2D eigenvalue weighted by Crippen LogP contribution is 2.21. The van der Waals surface area contributed by atoms with Crippen molar-refractivity contribution < 1.29 is 22.7 Å². The van der Waals surface area contributed by atoms with E-state index in [1.807, 2.05) is 6.92 Å². The number of benzene rings is 1. The largest absolute Gasteiger partial charge is 0.494 e. The van der Waals surface area contributed by atoms with Crippen LogP contribution in [-0.2, 0) is 14.8 Å². The number of nitrogens with one attached hydrogen (secondary N) is 2. The van der Waals surface area contributed by atoms with Crippen LogP contribution in [-0.4, -0.2) is 44.0 Å². The van der Waals surface area contributed by atoms with Crippen LogP contribution in [0.4, 0.5) is 10.3 Å². The normalized spacial score (nSPS) is 11.0. The summed E-state index contributed by atoms with van der Waals surface area (Å²) in [7, 11) is -3.44. The molecule has 1 amide bonds. The SMILES string of the molecule is CCCOc1ccc(OCC(=O)Nc2nnc(NS(C)(=O)=O)s2)cc1. The van der Waals surface area contributed by atoms with E-state index in [0.717, 1.165) is 29.8 Å². The number of hydrogen-bond donors (Lipinski definition) is 2. The third kappa shape index (κ3) is 6.93. The van der Waals surface area contributed by atoms with Crippen molar-refractivity contribution in [2.45, 2.75) is 13.3 Å². The number of sulfonamides is 1. The van der Waals surface area contributed by atoms with Gasteiger partial charge in [0, 0.05) is 0 Å². The summed E-state index contributed by atoms with van der Waals surface area (Å²) in [6.45, 7) is 2.44. The second-order valence-corrected chi connectivity index (χ2v) is 7.67. The van der Waals surface area contributed by atoms with Crippen LogP contribution in [0.3, 0.4) is 0 Å². The third-order valence-electron chi connectivity index (χ3n) is 2.61. The number of carbonyl (C=O) groups is 1. The van der Waals surface area contributed by atoms with Crippen molar-refractivity contribution in [1.82, 2.24) is 10.2 Å². The van der Waals surface area contributed by atoms with Crippen molar-refractivity contribution >= 4 is 37.5 Å². The Labute approximate surface area is 149 Å². The van der Waals surface area contributed by atoms with Crippen LogP contribution in [0.2, 0.25) is 0 Å². The first-order chi connectivity index (χ1) is 11.9. The first kappa shape index (κ1) is 18.9. The van der Waals surface area contributed by atoms with Gasteiger partial charge in [-0.25, -0.2) is 8.42 Å². The summed E-state index contributed by atoms with van der Waals surface area (Å²) >= 11 is 0.903. The van der Waals surface area contributed by atoms with E-state index < -0.39 is 15.9 Å². The van der Waals surface area contributed by atoms with Crippen molar-refractivity contribution in [2.24, 2.45) is 0 Å². The predicted octanol–water partition coefficient (Wildman–Crippen LogP) is 1.72. The van der Waals surface area contributed by atoms with E-state index >= 15 is 0 Å². The zero-order valence-corrected chi connectivity index (χ0v) is 15.3. The van der Waals surface area contributed by atoms with Gasteiger partial charge in [0.05, 0.1) is 12.9 Å². The highest BCUT2D eigenvalue weighted by molar-refractivity contribution is 7.92. The van der Waals surface area contributed by atoms with Gasteiger partial charge in [-0.3, -0.25) is 14.8 Å². The lowest BCUT2D eigenvalue weighted by atomic mass is 10.3. The minimum atomic E-state index is -3.44. The molecule has 25 heavy (non-hydrogen) atoms. The Bertz CT molecular complexity index is 805. The van der Waals surface area contributed by atoms with Gasteiger partial charge < -0.3 is 9.47 Å². The van der Waals surface area contributed by atoms with Crippen molar-refractivity contribution in [3.8, 4) is 11.5 Å². The molecule has 0 aliphatic rings. The van der Waals surface area contributed by atoms with Crippen molar-refractivity contribution in [3.05, 3.63) is 24.3 Å². The number of ether oxygens (including phenoxy) is 2. The van der Waals surface area contributed by atoms with Crippen LogP contribution in [0, 0.1) is 0 Å². The van der Waals surface area contributed by atoms with Crippen LogP contribution in [0.15, 0.2) is 24.3 Å². The molecular weight excluding hydrogens is 368 g/mol. The summed E-state index contributed by atoms with van der Waals surface area (Å²) in [5, 5.41) is 10.0. The lowest BCUT2D eigenvalue weighted by Gasteiger charge is -2.07. The molecule has 0 unspecified atom stereocenters. The topological polar surface area (TPSA) is 120 Å². The van der Waals surface area contributed by atoms with E-state index in [4.69, 9.17) is 9.47 Å². The van der Waals surface area contributed by atoms with E-state index in [1.54, 1.807) is 24.3 Å². The zero-order valence-electron chi connectivity index (χ0n) is 13.7. The Kier molecular flexibility index (Phi) is 6.53. The minimum absolute atomic E-state index is 0.0707. The van der Waals surface area contributed by atoms with Gasteiger partial charge >= 0.3 is 0 Å². The fourth-order valence-electron chi connectivity index (χ4n) is 1.63. The molecule has 0 fully saturated rings. The molecule has 0 aliphatic heterocycles. The molecule has 11 heteroatoms. The van der Waals surface area contributed by atoms with Gasteiger partial charge in [-0.2, -0.15) is 0 Å². The number of nitrogens with zero attached hydrogens (tertiary/aromatic N) is 2. The van der Waals surface area contributed by atoms with Gasteiger partial charge in [0.2, 0.25) is 20.3 Å². The first-order valence-corrected chi connectivity index (χ1v) is 10.0. The number of carbonyl (C=O) groups excluding carboxylic acids is 1. The third-order valence-corrected chi connectivity index (χ3v) is 4.06. The second-order valence-electron chi connectivity index (χ2n) is 4.94. The van der Waals surface area contributed by atoms with Crippen molar-refractivity contribution in [3.63, 3.8) is 0 Å². The van der Waals surface area contributed by atoms with E-state index in [9.17, 15) is 13.2 Å². The Balaban J connectivity index is 1.80. The smallest absolute Gasteiger partial charge is 0.264 e. The maximum absolute atomic E-state index is 11.8. The van der Waals surface area contributed by atoms with E-state index in [0.29, 0.717) is 12.4 Å². The molecule has 2 N–H and O–H groups in total. The maximum atomic E-state index is 11.8. The molecule has 1 heterocycles. The molecule has 0 spiro atoms. The quantitative estimate of drug-likeness (QED) is 0.673. The summed E-state index contributed by atoms with van der Waals surface area (Å²) in [5.74, 6) is 0.822. The Hall–Kier alpha value is -2.40. The molecule has 1 aromatic heterocycles. The second kappa shape index (κ2) is 8.62. The predicted molar refractivity (Wildman–Crippen MR) is 94.7 cm³/mol. The molecule has 1 aromatic carbocycles. The Morgan fingerprint density at radius 1 is 1.12 bits per heavy atom. The molecule has 0 atom stereocenters. The maximum Gasteiger partial charge on any atom is 0.264 e. The molecule has 2 aromatic rings. The fraction of sp³-hybridized carbons (Fsp3) is 0.357. The van der Waals surface area contributed by atoms with Gasteiger partial charge in [-0.05, 0) is 30.7 Å². The molecule has 2 rings (SSSR count). The van der Waals surface area contributed by atoms with E-state index in [2.05, 4.69) is 20.2 Å². The lowest BCUT2D eigenvalue weighted by Crippen LogP contribution is -2.20. The van der Waals surface area contributed by atoms with Gasteiger partial charge in [-0.1, -0.05) is 18.3 Å². The number of rotatable bonds is 9. The molecule has 9 nitrogen and oxygen atoms in total. The summed E-state index contributed by atoms with van der Waals surface area (Å²) in [6, 6.07) is 6.93. The molecular formula is C14H18N4O5S2. The fourth-order valence-corrected chi connectivity index (χ4v) is 3.12. The average Bonchev–Trinajstić information content (AvgIpc) is 2.96. The Morgan fingerprint density at radius 3 is 2.32 bits per heavy atom. The molecule has 136 valence electrons. The summed E-state index contributed by atoms with van der Waals surface area (Å²) in [4.78, 5) is 11.8. The summed E-state index contributed by atoms with van der Waals surface area (Å²) < 4.78 is 35.2. The average molecular weight is 386 g/mol. The molecule has 0 radical (unpaired) electrons. The molecule has 0 aliphatic carbocycles.